The highest BCUT2D eigenvalue weighted by atomic mass is 79.9. The summed E-state index contributed by atoms with van der Waals surface area (Å²) in [6, 6.07) is 4.97. The quantitative estimate of drug-likeness (QED) is 0.386. The number of rotatable bonds is 9. The predicted octanol–water partition coefficient (Wildman–Crippen LogP) is 2.56. The standard InChI is InChI=1S/C22H30BrN3O5/c1-22(2,3)31-19(28)14-25(12-11-24(4)5)18(27)7-6-10-26-20(29)16-9-8-15(23)13-17(16)21(26)30/h8-9,13H,6-7,10-12,14H2,1-5H3. The Kier molecular flexibility index (Phi) is 8.36. The van der Waals surface area contributed by atoms with Crippen LogP contribution in [0.25, 0.3) is 0 Å². The molecule has 0 spiro atoms. The molecule has 1 aliphatic rings. The number of carbonyl (C=O) groups excluding carboxylic acids is 4. The first kappa shape index (κ1) is 25.0. The van der Waals surface area contributed by atoms with Gasteiger partial charge >= 0.3 is 5.97 Å². The molecule has 170 valence electrons. The zero-order valence-corrected chi connectivity index (χ0v) is 20.3. The number of carbonyl (C=O) groups is 4. The number of likely N-dealkylation sites (N-methyl/N-ethyl adjacent to an activating group) is 1. The smallest absolute Gasteiger partial charge is 0.326 e. The molecule has 31 heavy (non-hydrogen) atoms. The SMILES string of the molecule is CN(C)CCN(CC(=O)OC(C)(C)C)C(=O)CCCN1C(=O)c2ccc(Br)cc2C1=O. The molecule has 0 radical (unpaired) electrons. The van der Waals surface area contributed by atoms with Crippen molar-refractivity contribution in [2.24, 2.45) is 0 Å². The third kappa shape index (κ3) is 7.14. The summed E-state index contributed by atoms with van der Waals surface area (Å²) in [6.45, 7) is 6.31. The van der Waals surface area contributed by atoms with E-state index in [4.69, 9.17) is 4.74 Å². The van der Waals surface area contributed by atoms with E-state index in [1.54, 1.807) is 39.0 Å². The van der Waals surface area contributed by atoms with Gasteiger partial charge in [0.05, 0.1) is 11.1 Å². The van der Waals surface area contributed by atoms with Crippen LogP contribution in [0.15, 0.2) is 22.7 Å². The fraction of sp³-hybridized carbons (Fsp3) is 0.545. The first-order valence-corrected chi connectivity index (χ1v) is 11.0. The summed E-state index contributed by atoms with van der Waals surface area (Å²) in [6.07, 6.45) is 0.436. The van der Waals surface area contributed by atoms with Crippen molar-refractivity contribution in [2.45, 2.75) is 39.2 Å². The van der Waals surface area contributed by atoms with Crippen LogP contribution >= 0.6 is 15.9 Å². The second-order valence-electron chi connectivity index (χ2n) is 8.76. The lowest BCUT2D eigenvalue weighted by atomic mass is 10.1. The molecule has 8 nitrogen and oxygen atoms in total. The minimum absolute atomic E-state index is 0.118. The Bertz CT molecular complexity index is 863. The minimum atomic E-state index is -0.631. The van der Waals surface area contributed by atoms with Crippen LogP contribution in [0.5, 0.6) is 0 Å². The molecule has 0 fully saturated rings. The number of amides is 3. The van der Waals surface area contributed by atoms with E-state index in [0.717, 1.165) is 4.47 Å². The fourth-order valence-corrected chi connectivity index (χ4v) is 3.52. The highest BCUT2D eigenvalue weighted by Gasteiger charge is 2.35. The Hall–Kier alpha value is -2.26. The van der Waals surface area contributed by atoms with E-state index in [-0.39, 0.29) is 37.2 Å². The molecule has 0 aromatic heterocycles. The minimum Gasteiger partial charge on any atom is -0.459 e. The lowest BCUT2D eigenvalue weighted by Gasteiger charge is -2.26. The summed E-state index contributed by atoms with van der Waals surface area (Å²) in [5.41, 5.74) is 0.105. The number of imide groups is 1. The third-order valence-corrected chi connectivity index (χ3v) is 5.11. The normalized spacial score (nSPS) is 13.6. The first-order valence-electron chi connectivity index (χ1n) is 10.2. The molecule has 0 atom stereocenters. The number of benzene rings is 1. The van der Waals surface area contributed by atoms with Crippen LogP contribution in [0.2, 0.25) is 0 Å². The summed E-state index contributed by atoms with van der Waals surface area (Å²) in [7, 11) is 3.77. The molecule has 1 aromatic rings. The average molecular weight is 496 g/mol. The van der Waals surface area contributed by atoms with Gasteiger partial charge in [0, 0.05) is 30.5 Å². The molecule has 0 unspecified atom stereocenters. The second-order valence-corrected chi connectivity index (χ2v) is 9.68. The number of hydrogen-bond acceptors (Lipinski definition) is 6. The van der Waals surface area contributed by atoms with Crippen LogP contribution in [-0.4, -0.2) is 84.3 Å². The van der Waals surface area contributed by atoms with Crippen LogP contribution in [0, 0.1) is 0 Å². The maximum Gasteiger partial charge on any atom is 0.326 e. The van der Waals surface area contributed by atoms with Crippen molar-refractivity contribution in [1.29, 1.82) is 0 Å². The second kappa shape index (κ2) is 10.4. The number of esters is 1. The average Bonchev–Trinajstić information content (AvgIpc) is 2.87. The van der Waals surface area contributed by atoms with Crippen molar-refractivity contribution in [3.8, 4) is 0 Å². The molecule has 0 N–H and O–H groups in total. The molecular weight excluding hydrogens is 466 g/mol. The van der Waals surface area contributed by atoms with Gasteiger partial charge in [0.25, 0.3) is 11.8 Å². The lowest BCUT2D eigenvalue weighted by molar-refractivity contribution is -0.159. The number of hydrogen-bond donors (Lipinski definition) is 0. The van der Waals surface area contributed by atoms with E-state index in [2.05, 4.69) is 15.9 Å². The largest absolute Gasteiger partial charge is 0.459 e. The number of halogens is 1. The van der Waals surface area contributed by atoms with E-state index in [9.17, 15) is 19.2 Å². The van der Waals surface area contributed by atoms with E-state index in [1.807, 2.05) is 19.0 Å². The molecule has 1 aromatic carbocycles. The maximum atomic E-state index is 12.8. The number of ether oxygens (including phenoxy) is 1. The van der Waals surface area contributed by atoms with Gasteiger partial charge in [0.2, 0.25) is 5.91 Å². The van der Waals surface area contributed by atoms with E-state index >= 15 is 0 Å². The first-order chi connectivity index (χ1) is 14.4. The Morgan fingerprint density at radius 2 is 1.71 bits per heavy atom. The Morgan fingerprint density at radius 3 is 2.32 bits per heavy atom. The molecule has 0 bridgehead atoms. The highest BCUT2D eigenvalue weighted by Crippen LogP contribution is 2.26. The van der Waals surface area contributed by atoms with E-state index in [1.165, 1.54) is 9.80 Å². The molecule has 1 heterocycles. The van der Waals surface area contributed by atoms with Crippen molar-refractivity contribution >= 4 is 39.6 Å². The van der Waals surface area contributed by atoms with Gasteiger partial charge in [0.1, 0.15) is 12.1 Å². The topological polar surface area (TPSA) is 87.2 Å². The highest BCUT2D eigenvalue weighted by molar-refractivity contribution is 9.10. The summed E-state index contributed by atoms with van der Waals surface area (Å²) in [4.78, 5) is 54.6. The van der Waals surface area contributed by atoms with Gasteiger partial charge in [-0.3, -0.25) is 24.1 Å². The summed E-state index contributed by atoms with van der Waals surface area (Å²) in [5, 5.41) is 0. The summed E-state index contributed by atoms with van der Waals surface area (Å²) >= 11 is 3.31. The number of fused-ring (bicyclic) bond motifs is 1. The maximum absolute atomic E-state index is 12.8. The van der Waals surface area contributed by atoms with Crippen molar-refractivity contribution in [3.63, 3.8) is 0 Å². The lowest BCUT2D eigenvalue weighted by Crippen LogP contribution is -2.42. The van der Waals surface area contributed by atoms with Gasteiger partial charge < -0.3 is 14.5 Å². The monoisotopic (exact) mass is 495 g/mol. The van der Waals surface area contributed by atoms with Crippen LogP contribution in [0.3, 0.4) is 0 Å². The van der Waals surface area contributed by atoms with E-state index in [0.29, 0.717) is 30.6 Å². The van der Waals surface area contributed by atoms with Gasteiger partial charge in [-0.1, -0.05) is 15.9 Å². The van der Waals surface area contributed by atoms with Crippen LogP contribution in [0.1, 0.15) is 54.3 Å². The predicted molar refractivity (Wildman–Crippen MR) is 120 cm³/mol. The van der Waals surface area contributed by atoms with Crippen LogP contribution in [0.4, 0.5) is 0 Å². The molecule has 9 heteroatoms. The molecule has 0 saturated carbocycles. The van der Waals surface area contributed by atoms with Crippen molar-refractivity contribution in [3.05, 3.63) is 33.8 Å². The molecule has 0 saturated heterocycles. The Balaban J connectivity index is 1.95. The molecule has 3 amide bonds. The molecule has 1 aliphatic heterocycles. The van der Waals surface area contributed by atoms with Crippen molar-refractivity contribution in [1.82, 2.24) is 14.7 Å². The van der Waals surface area contributed by atoms with Gasteiger partial charge in [-0.05, 0) is 59.5 Å². The summed E-state index contributed by atoms with van der Waals surface area (Å²) < 4.78 is 6.06. The zero-order valence-electron chi connectivity index (χ0n) is 18.7. The van der Waals surface area contributed by atoms with Crippen molar-refractivity contribution in [2.75, 3.05) is 40.3 Å². The van der Waals surface area contributed by atoms with Gasteiger partial charge in [-0.15, -0.1) is 0 Å². The fourth-order valence-electron chi connectivity index (χ4n) is 3.15. The van der Waals surface area contributed by atoms with Crippen LogP contribution in [-0.2, 0) is 14.3 Å². The molecule has 0 aliphatic carbocycles. The molecular formula is C22H30BrN3O5. The Labute approximate surface area is 191 Å². The summed E-state index contributed by atoms with van der Waals surface area (Å²) in [5.74, 6) is -1.39. The van der Waals surface area contributed by atoms with Gasteiger partial charge in [-0.2, -0.15) is 0 Å². The van der Waals surface area contributed by atoms with Gasteiger partial charge in [-0.25, -0.2) is 0 Å². The zero-order chi connectivity index (χ0) is 23.3. The third-order valence-electron chi connectivity index (χ3n) is 4.61. The van der Waals surface area contributed by atoms with E-state index < -0.39 is 11.6 Å². The van der Waals surface area contributed by atoms with Crippen molar-refractivity contribution < 1.29 is 23.9 Å². The number of nitrogens with zero attached hydrogens (tertiary/aromatic N) is 3. The van der Waals surface area contributed by atoms with Gasteiger partial charge in [0.15, 0.2) is 0 Å². The molecule has 2 rings (SSSR count). The van der Waals surface area contributed by atoms with Crippen LogP contribution < -0.4 is 0 Å². The Morgan fingerprint density at radius 1 is 1.06 bits per heavy atom.